The van der Waals surface area contributed by atoms with E-state index in [-0.39, 0.29) is 12.5 Å². The number of amides is 4. The van der Waals surface area contributed by atoms with E-state index in [0.29, 0.717) is 6.42 Å². The molecule has 0 radical (unpaired) electrons. The topological polar surface area (TPSA) is 141 Å². The Morgan fingerprint density at radius 2 is 0.737 bits per heavy atom. The summed E-state index contributed by atoms with van der Waals surface area (Å²) in [5.74, 6) is -0.721. The molecule has 0 unspecified atom stereocenters. The highest BCUT2D eigenvalue weighted by molar-refractivity contribution is 5.94. The standard InChI is InChI=1S/C28H57NO.C3H7N3O2/c1-2-3-4-5-6-7-8-9-10-11-12-13-14-15-16-17-18-19-20-21-22-23-24-25-26-27-28(29)30;4-1-2(7)6-3(5)8/h2-27H2,1H3,(H2,29,30);1,4H2,(H3,5,6,7,8). The van der Waals surface area contributed by atoms with Gasteiger partial charge >= 0.3 is 6.03 Å². The molecule has 0 spiro atoms. The van der Waals surface area contributed by atoms with Gasteiger partial charge in [-0.25, -0.2) is 4.79 Å². The first-order chi connectivity index (χ1) is 18.4. The van der Waals surface area contributed by atoms with Crippen molar-refractivity contribution in [2.45, 2.75) is 174 Å². The lowest BCUT2D eigenvalue weighted by molar-refractivity contribution is -0.119. The molecule has 226 valence electrons. The molecule has 0 aromatic heterocycles. The first kappa shape index (κ1) is 38.5. The van der Waals surface area contributed by atoms with Crippen LogP contribution >= 0.6 is 0 Å². The largest absolute Gasteiger partial charge is 0.370 e. The fourth-order valence-electron chi connectivity index (χ4n) is 4.63. The third kappa shape index (κ3) is 38.9. The van der Waals surface area contributed by atoms with Crippen LogP contribution in [0.15, 0.2) is 0 Å². The lowest BCUT2D eigenvalue weighted by atomic mass is 10.0. The summed E-state index contributed by atoms with van der Waals surface area (Å²) < 4.78 is 0. The number of carbonyl (C=O) groups is 3. The predicted octanol–water partition coefficient (Wildman–Crippen LogP) is 7.77. The van der Waals surface area contributed by atoms with Gasteiger partial charge in [0, 0.05) is 6.42 Å². The van der Waals surface area contributed by atoms with Crippen LogP contribution < -0.4 is 22.5 Å². The van der Waals surface area contributed by atoms with Crippen LogP contribution in [0.3, 0.4) is 0 Å². The van der Waals surface area contributed by atoms with Gasteiger partial charge < -0.3 is 17.2 Å². The highest BCUT2D eigenvalue weighted by Crippen LogP contribution is 2.15. The quantitative estimate of drug-likeness (QED) is 0.0789. The molecule has 0 aromatic carbocycles. The minimum Gasteiger partial charge on any atom is -0.370 e. The number of carbonyl (C=O) groups excluding carboxylic acids is 3. The van der Waals surface area contributed by atoms with Gasteiger partial charge in [-0.2, -0.15) is 0 Å². The fraction of sp³-hybridized carbons (Fsp3) is 0.903. The van der Waals surface area contributed by atoms with Crippen LogP contribution in [0.25, 0.3) is 0 Å². The number of hydrogen-bond donors (Lipinski definition) is 4. The average Bonchev–Trinajstić information content (AvgIpc) is 2.88. The minimum absolute atomic E-state index is 0.149. The molecule has 38 heavy (non-hydrogen) atoms. The molecule has 0 rings (SSSR count). The van der Waals surface area contributed by atoms with E-state index in [9.17, 15) is 14.4 Å². The van der Waals surface area contributed by atoms with Gasteiger partial charge in [0.2, 0.25) is 11.8 Å². The Bertz CT molecular complexity index is 529. The molecule has 0 saturated carbocycles. The lowest BCUT2D eigenvalue weighted by Gasteiger charge is -2.04. The van der Waals surface area contributed by atoms with E-state index in [1.165, 1.54) is 154 Å². The molecule has 0 aromatic rings. The molecule has 7 heteroatoms. The summed E-state index contributed by atoms with van der Waals surface area (Å²) >= 11 is 0. The van der Waals surface area contributed by atoms with Crippen molar-refractivity contribution in [2.24, 2.45) is 17.2 Å². The molecule has 0 atom stereocenters. The van der Waals surface area contributed by atoms with E-state index >= 15 is 0 Å². The van der Waals surface area contributed by atoms with Gasteiger partial charge in [-0.15, -0.1) is 0 Å². The van der Waals surface area contributed by atoms with E-state index in [1.807, 2.05) is 0 Å². The van der Waals surface area contributed by atoms with Gasteiger partial charge in [-0.05, 0) is 6.42 Å². The van der Waals surface area contributed by atoms with Crippen LogP contribution in [0.5, 0.6) is 0 Å². The van der Waals surface area contributed by atoms with E-state index in [1.54, 1.807) is 5.32 Å². The van der Waals surface area contributed by atoms with E-state index in [4.69, 9.17) is 11.5 Å². The Labute approximate surface area is 235 Å². The van der Waals surface area contributed by atoms with Crippen LogP contribution in [0.4, 0.5) is 4.79 Å². The van der Waals surface area contributed by atoms with Crippen molar-refractivity contribution in [1.82, 2.24) is 5.32 Å². The zero-order valence-corrected chi connectivity index (χ0v) is 25.0. The van der Waals surface area contributed by atoms with E-state index < -0.39 is 11.9 Å². The third-order valence-electron chi connectivity index (χ3n) is 6.97. The highest BCUT2D eigenvalue weighted by atomic mass is 16.2. The molecule has 0 fully saturated rings. The van der Waals surface area contributed by atoms with Gasteiger partial charge in [0.15, 0.2) is 0 Å². The minimum atomic E-state index is -0.875. The predicted molar refractivity (Wildman–Crippen MR) is 162 cm³/mol. The monoisotopic (exact) mass is 540 g/mol. The first-order valence-corrected chi connectivity index (χ1v) is 16.0. The smallest absolute Gasteiger partial charge is 0.318 e. The molecule has 0 aliphatic rings. The molecule has 4 amide bonds. The van der Waals surface area contributed by atoms with Gasteiger partial charge in [-0.1, -0.05) is 161 Å². The Morgan fingerprint density at radius 3 is 0.921 bits per heavy atom. The van der Waals surface area contributed by atoms with Crippen molar-refractivity contribution < 1.29 is 14.4 Å². The Kier molecular flexibility index (Phi) is 33.9. The molecule has 0 heterocycles. The number of unbranched alkanes of at least 4 members (excludes halogenated alkanes) is 24. The number of urea groups is 1. The van der Waals surface area contributed by atoms with Crippen molar-refractivity contribution in [3.05, 3.63) is 0 Å². The normalized spacial score (nSPS) is 10.6. The number of imide groups is 1. The lowest BCUT2D eigenvalue weighted by Crippen LogP contribution is -2.38. The van der Waals surface area contributed by atoms with Crippen LogP contribution in [-0.4, -0.2) is 24.4 Å². The maximum absolute atomic E-state index is 10.7. The van der Waals surface area contributed by atoms with Crippen LogP contribution in [-0.2, 0) is 9.59 Å². The van der Waals surface area contributed by atoms with Gasteiger partial charge in [0.05, 0.1) is 6.54 Å². The van der Waals surface area contributed by atoms with Crippen molar-refractivity contribution in [2.75, 3.05) is 6.54 Å². The molecule has 0 aliphatic heterocycles. The van der Waals surface area contributed by atoms with Crippen molar-refractivity contribution in [3.63, 3.8) is 0 Å². The fourth-order valence-corrected chi connectivity index (χ4v) is 4.63. The Morgan fingerprint density at radius 1 is 0.474 bits per heavy atom. The summed E-state index contributed by atoms with van der Waals surface area (Å²) in [6, 6.07) is -0.875. The van der Waals surface area contributed by atoms with Crippen LogP contribution in [0.2, 0.25) is 0 Å². The Balaban J connectivity index is 0. The second-order valence-electron chi connectivity index (χ2n) is 10.8. The molecule has 0 aliphatic carbocycles. The molecule has 7 N–H and O–H groups in total. The maximum atomic E-state index is 10.7. The van der Waals surface area contributed by atoms with Gasteiger partial charge in [0.25, 0.3) is 0 Å². The van der Waals surface area contributed by atoms with E-state index in [2.05, 4.69) is 12.7 Å². The number of primary amides is 2. The first-order valence-electron chi connectivity index (χ1n) is 16.0. The van der Waals surface area contributed by atoms with E-state index in [0.717, 1.165) is 6.42 Å². The molecule has 7 nitrogen and oxygen atoms in total. The second kappa shape index (κ2) is 33.4. The number of hydrogen-bond acceptors (Lipinski definition) is 4. The number of rotatable bonds is 27. The van der Waals surface area contributed by atoms with Crippen molar-refractivity contribution in [3.8, 4) is 0 Å². The zero-order valence-electron chi connectivity index (χ0n) is 25.0. The van der Waals surface area contributed by atoms with Crippen molar-refractivity contribution >= 4 is 17.8 Å². The molecule has 0 bridgehead atoms. The summed E-state index contributed by atoms with van der Waals surface area (Å²) in [6.45, 7) is 2.08. The summed E-state index contributed by atoms with van der Waals surface area (Å²) in [5, 5.41) is 1.77. The van der Waals surface area contributed by atoms with Crippen LogP contribution in [0.1, 0.15) is 174 Å². The summed E-state index contributed by atoms with van der Waals surface area (Å²) in [5.41, 5.74) is 14.5. The highest BCUT2D eigenvalue weighted by Gasteiger charge is 1.98. The second-order valence-corrected chi connectivity index (χ2v) is 10.8. The van der Waals surface area contributed by atoms with Crippen LogP contribution in [0, 0.1) is 0 Å². The Hall–Kier alpha value is -1.63. The summed E-state index contributed by atoms with van der Waals surface area (Å²) in [4.78, 5) is 30.5. The maximum Gasteiger partial charge on any atom is 0.318 e. The van der Waals surface area contributed by atoms with Gasteiger partial charge in [-0.3, -0.25) is 14.9 Å². The molecule has 0 saturated heterocycles. The summed E-state index contributed by atoms with van der Waals surface area (Å²) in [7, 11) is 0. The van der Waals surface area contributed by atoms with Gasteiger partial charge in [0.1, 0.15) is 0 Å². The molecular weight excluding hydrogens is 476 g/mol. The number of nitrogens with one attached hydrogen (secondary N) is 1. The molecular formula is C31H64N4O3. The summed E-state index contributed by atoms with van der Waals surface area (Å²) in [6.07, 6.45) is 35.7. The average molecular weight is 541 g/mol. The SMILES string of the molecule is CCCCCCCCCCCCCCCCCCCCCCCCCCCC(N)=O.NCC(=O)NC(N)=O. The zero-order chi connectivity index (χ0) is 28.5. The van der Waals surface area contributed by atoms with Crippen molar-refractivity contribution in [1.29, 1.82) is 0 Å². The third-order valence-corrected chi connectivity index (χ3v) is 6.97. The number of nitrogens with two attached hydrogens (primary N) is 3.